The van der Waals surface area contributed by atoms with Crippen molar-refractivity contribution in [2.75, 3.05) is 0 Å². The molecule has 2 N–H and O–H groups in total. The summed E-state index contributed by atoms with van der Waals surface area (Å²) in [6.45, 7) is 11.8. The molecular formula is C23H38O5. The molecule has 2 aliphatic rings. The molecule has 5 heteroatoms. The average molecular weight is 395 g/mol. The molecule has 1 unspecified atom stereocenters. The summed E-state index contributed by atoms with van der Waals surface area (Å²) in [5.74, 6) is 0.193. The van der Waals surface area contributed by atoms with Crippen molar-refractivity contribution < 1.29 is 24.5 Å². The van der Waals surface area contributed by atoms with Gasteiger partial charge in [0.2, 0.25) is 0 Å². The van der Waals surface area contributed by atoms with Crippen LogP contribution in [0, 0.1) is 11.8 Å². The van der Waals surface area contributed by atoms with Crippen LogP contribution in [-0.2, 0) is 14.3 Å². The first kappa shape index (κ1) is 23.1. The summed E-state index contributed by atoms with van der Waals surface area (Å²) in [4.78, 5) is 12.5. The molecule has 0 spiro atoms. The third-order valence-corrected chi connectivity index (χ3v) is 5.92. The second kappa shape index (κ2) is 9.55. The van der Waals surface area contributed by atoms with Crippen LogP contribution in [0.2, 0.25) is 0 Å². The molecule has 28 heavy (non-hydrogen) atoms. The lowest BCUT2D eigenvalue weighted by Gasteiger charge is -2.33. The van der Waals surface area contributed by atoms with Gasteiger partial charge in [0.25, 0.3) is 0 Å². The van der Waals surface area contributed by atoms with Gasteiger partial charge in [-0.25, -0.2) is 4.79 Å². The quantitative estimate of drug-likeness (QED) is 0.548. The molecule has 0 aromatic rings. The predicted octanol–water partition coefficient (Wildman–Crippen LogP) is 3.93. The van der Waals surface area contributed by atoms with Crippen LogP contribution in [0.1, 0.15) is 73.6 Å². The minimum atomic E-state index is -0.981. The number of hydrogen-bond acceptors (Lipinski definition) is 5. The molecule has 2 aliphatic heterocycles. The maximum Gasteiger partial charge on any atom is 0.331 e. The van der Waals surface area contributed by atoms with Crippen molar-refractivity contribution in [2.24, 2.45) is 11.8 Å². The van der Waals surface area contributed by atoms with Crippen molar-refractivity contribution in [3.63, 3.8) is 0 Å². The summed E-state index contributed by atoms with van der Waals surface area (Å²) in [6, 6.07) is 0. The zero-order valence-electron chi connectivity index (χ0n) is 18.3. The van der Waals surface area contributed by atoms with Gasteiger partial charge >= 0.3 is 5.97 Å². The van der Waals surface area contributed by atoms with Gasteiger partial charge < -0.3 is 19.7 Å². The van der Waals surface area contributed by atoms with Gasteiger partial charge in [0, 0.05) is 12.5 Å². The normalized spacial score (nSPS) is 40.6. The Morgan fingerprint density at radius 3 is 2.50 bits per heavy atom. The van der Waals surface area contributed by atoms with E-state index < -0.39 is 17.8 Å². The highest BCUT2D eigenvalue weighted by Gasteiger charge is 2.51. The molecule has 5 nitrogen and oxygen atoms in total. The Morgan fingerprint density at radius 2 is 1.86 bits per heavy atom. The molecule has 0 aromatic carbocycles. The molecule has 0 saturated carbocycles. The molecule has 0 amide bonds. The Bertz CT molecular complexity index is 606. The van der Waals surface area contributed by atoms with Crippen molar-refractivity contribution in [2.45, 2.75) is 104 Å². The highest BCUT2D eigenvalue weighted by molar-refractivity contribution is 5.83. The molecular weight excluding hydrogens is 356 g/mol. The summed E-state index contributed by atoms with van der Waals surface area (Å²) in [5, 5.41) is 21.2. The van der Waals surface area contributed by atoms with E-state index in [9.17, 15) is 15.0 Å². The van der Waals surface area contributed by atoms with E-state index in [1.165, 1.54) is 6.08 Å². The Balaban J connectivity index is 2.30. The number of aliphatic hydroxyl groups is 2. The predicted molar refractivity (Wildman–Crippen MR) is 110 cm³/mol. The lowest BCUT2D eigenvalue weighted by molar-refractivity contribution is -0.164. The third kappa shape index (κ3) is 6.16. The largest absolute Gasteiger partial charge is 0.456 e. The van der Waals surface area contributed by atoms with Crippen LogP contribution in [0.3, 0.4) is 0 Å². The van der Waals surface area contributed by atoms with Gasteiger partial charge in [-0.3, -0.25) is 0 Å². The van der Waals surface area contributed by atoms with E-state index in [0.29, 0.717) is 12.3 Å². The van der Waals surface area contributed by atoms with Crippen LogP contribution in [0.5, 0.6) is 0 Å². The summed E-state index contributed by atoms with van der Waals surface area (Å²) < 4.78 is 12.1. The molecule has 1 fully saturated rings. The Morgan fingerprint density at radius 1 is 1.21 bits per heavy atom. The molecule has 1 saturated heterocycles. The first-order valence-electron chi connectivity index (χ1n) is 10.6. The summed E-state index contributed by atoms with van der Waals surface area (Å²) in [7, 11) is 0. The van der Waals surface area contributed by atoms with Gasteiger partial charge in [-0.15, -0.1) is 0 Å². The van der Waals surface area contributed by atoms with Gasteiger partial charge in [-0.2, -0.15) is 0 Å². The number of rotatable bonds is 2. The number of fused-ring (bicyclic) bond motifs is 2. The molecule has 0 radical (unpaired) electrons. The number of hydrogen-bond donors (Lipinski definition) is 2. The van der Waals surface area contributed by atoms with E-state index in [2.05, 4.69) is 13.8 Å². The lowest BCUT2D eigenvalue weighted by Crippen LogP contribution is -2.48. The van der Waals surface area contributed by atoms with Crippen LogP contribution in [0.15, 0.2) is 23.3 Å². The number of aliphatic hydroxyl groups excluding tert-OH is 2. The monoisotopic (exact) mass is 394 g/mol. The zero-order valence-corrected chi connectivity index (χ0v) is 18.3. The summed E-state index contributed by atoms with van der Waals surface area (Å²) in [6.07, 6.45) is 4.97. The smallest absolute Gasteiger partial charge is 0.331 e. The zero-order chi connectivity index (χ0) is 21.1. The highest BCUT2D eigenvalue weighted by Crippen LogP contribution is 2.39. The molecule has 2 rings (SSSR count). The van der Waals surface area contributed by atoms with E-state index in [-0.39, 0.29) is 24.1 Å². The summed E-state index contributed by atoms with van der Waals surface area (Å²) >= 11 is 0. The van der Waals surface area contributed by atoms with Crippen LogP contribution in [0.25, 0.3) is 0 Å². The highest BCUT2D eigenvalue weighted by atomic mass is 16.6. The van der Waals surface area contributed by atoms with E-state index in [1.54, 1.807) is 6.08 Å². The fourth-order valence-electron chi connectivity index (χ4n) is 4.64. The van der Waals surface area contributed by atoms with E-state index in [1.807, 2.05) is 27.7 Å². The first-order chi connectivity index (χ1) is 13.0. The van der Waals surface area contributed by atoms with Gasteiger partial charge in [-0.05, 0) is 65.2 Å². The van der Waals surface area contributed by atoms with Crippen molar-refractivity contribution in [3.8, 4) is 0 Å². The number of carbonyl (C=O) groups excluding carboxylic acids is 1. The fourth-order valence-corrected chi connectivity index (χ4v) is 4.64. The lowest BCUT2D eigenvalue weighted by atomic mass is 9.88. The Kier molecular flexibility index (Phi) is 7.89. The number of ether oxygens (including phenoxy) is 2. The van der Waals surface area contributed by atoms with Crippen LogP contribution >= 0.6 is 0 Å². The molecule has 0 aromatic heterocycles. The minimum Gasteiger partial charge on any atom is -0.456 e. The first-order valence-corrected chi connectivity index (χ1v) is 10.6. The molecule has 160 valence electrons. The third-order valence-electron chi connectivity index (χ3n) is 5.92. The van der Waals surface area contributed by atoms with Gasteiger partial charge in [0.1, 0.15) is 17.8 Å². The molecule has 2 bridgehead atoms. The van der Waals surface area contributed by atoms with Gasteiger partial charge in [-0.1, -0.05) is 31.1 Å². The maximum atomic E-state index is 12.5. The van der Waals surface area contributed by atoms with Gasteiger partial charge in [0.15, 0.2) is 0 Å². The molecule has 7 atom stereocenters. The second-order valence-electron chi connectivity index (χ2n) is 9.54. The second-order valence-corrected chi connectivity index (χ2v) is 9.54. The number of esters is 1. The van der Waals surface area contributed by atoms with Crippen molar-refractivity contribution in [3.05, 3.63) is 23.3 Å². The molecule has 0 aliphatic carbocycles. The molecule has 2 heterocycles. The van der Waals surface area contributed by atoms with Crippen molar-refractivity contribution in [1.29, 1.82) is 0 Å². The Hall–Kier alpha value is -1.17. The number of carbonyl (C=O) groups is 1. The van der Waals surface area contributed by atoms with Crippen molar-refractivity contribution >= 4 is 5.97 Å². The van der Waals surface area contributed by atoms with Crippen LogP contribution < -0.4 is 0 Å². The average Bonchev–Trinajstić information content (AvgIpc) is 2.81. The van der Waals surface area contributed by atoms with Crippen LogP contribution in [-0.4, -0.2) is 46.2 Å². The standard InChI is InChI=1S/C23H38O5/c1-14(2)7-20(25)23(6)21-13-19(28-23)11-17(5)10-18(24)9-15(3)8-16(4)12-22(26)27-21/h7,12,15,17-21,24-25H,8-11,13H2,1-6H3/b16-12+/t15-,17+,18-,19+,20?,21-,23-/m1/s1. The summed E-state index contributed by atoms with van der Waals surface area (Å²) in [5.41, 5.74) is 0.945. The van der Waals surface area contributed by atoms with E-state index >= 15 is 0 Å². The number of allylic oxidation sites excluding steroid dienone is 2. The fraction of sp³-hybridized carbons (Fsp3) is 0.783. The van der Waals surface area contributed by atoms with Crippen LogP contribution in [0.4, 0.5) is 0 Å². The van der Waals surface area contributed by atoms with Crippen molar-refractivity contribution in [1.82, 2.24) is 0 Å². The SMILES string of the molecule is CC(C)=CC(O)[C@@]1(C)O[C@H]2C[C@@H](C)C[C@H](O)C[C@H](C)C/C(C)=C/C(=O)O[C@@H]1C2. The van der Waals surface area contributed by atoms with E-state index in [4.69, 9.17) is 9.47 Å². The minimum absolute atomic E-state index is 0.115. The van der Waals surface area contributed by atoms with E-state index in [0.717, 1.165) is 36.8 Å². The van der Waals surface area contributed by atoms with Gasteiger partial charge in [0.05, 0.1) is 12.2 Å². The topological polar surface area (TPSA) is 76.0 Å². The maximum absolute atomic E-state index is 12.5. The Labute approximate surface area is 169 Å².